The first-order valence-corrected chi connectivity index (χ1v) is 5.17. The van der Waals surface area contributed by atoms with Gasteiger partial charge in [0.15, 0.2) is 0 Å². The van der Waals surface area contributed by atoms with E-state index in [4.69, 9.17) is 0 Å². The molecular weight excluding hydrogens is 172 g/mol. The lowest BCUT2D eigenvalue weighted by atomic mass is 9.86. The van der Waals surface area contributed by atoms with E-state index >= 15 is 0 Å². The summed E-state index contributed by atoms with van der Waals surface area (Å²) in [4.78, 5) is 10.6. The average molecular weight is 194 g/mol. The average Bonchev–Trinajstić information content (AvgIpc) is 2.13. The van der Waals surface area contributed by atoms with Gasteiger partial charge in [-0.1, -0.05) is 31.1 Å². The summed E-state index contributed by atoms with van der Waals surface area (Å²) < 4.78 is 0. The molecule has 0 rings (SSSR count). The third kappa shape index (κ3) is 3.91. The molecule has 0 amide bonds. The third-order valence-corrected chi connectivity index (χ3v) is 2.87. The van der Waals surface area contributed by atoms with Crippen LogP contribution >= 0.6 is 0 Å². The molecule has 0 aliphatic carbocycles. The molecule has 14 heavy (non-hydrogen) atoms. The van der Waals surface area contributed by atoms with Crippen molar-refractivity contribution < 1.29 is 4.79 Å². The second kappa shape index (κ2) is 5.79. The van der Waals surface area contributed by atoms with Gasteiger partial charge in [0.1, 0.15) is 6.29 Å². The van der Waals surface area contributed by atoms with Crippen LogP contribution in [0.5, 0.6) is 0 Å². The summed E-state index contributed by atoms with van der Waals surface area (Å²) in [7, 11) is 0. The van der Waals surface area contributed by atoms with Crippen molar-refractivity contribution in [2.24, 2.45) is 11.8 Å². The predicted octanol–water partition coefficient (Wildman–Crippen LogP) is 3.76. The van der Waals surface area contributed by atoms with Crippen LogP contribution < -0.4 is 0 Å². The number of aldehydes is 1. The molecule has 0 fully saturated rings. The molecule has 0 aromatic carbocycles. The second-order valence-corrected chi connectivity index (χ2v) is 4.38. The second-order valence-electron chi connectivity index (χ2n) is 4.38. The zero-order valence-electron chi connectivity index (χ0n) is 10.2. The van der Waals surface area contributed by atoms with Crippen molar-refractivity contribution in [1.29, 1.82) is 0 Å². The van der Waals surface area contributed by atoms with Gasteiger partial charge in [-0.15, -0.1) is 0 Å². The number of hydrogen-bond donors (Lipinski definition) is 0. The van der Waals surface area contributed by atoms with Crippen molar-refractivity contribution in [2.45, 2.75) is 41.5 Å². The lowest BCUT2D eigenvalue weighted by Crippen LogP contribution is -2.09. The Hall–Kier alpha value is -0.850. The Morgan fingerprint density at radius 1 is 1.07 bits per heavy atom. The number of carbonyl (C=O) groups is 1. The van der Waals surface area contributed by atoms with E-state index in [-0.39, 0.29) is 0 Å². The molecule has 0 saturated carbocycles. The maximum Gasteiger partial charge on any atom is 0.145 e. The summed E-state index contributed by atoms with van der Waals surface area (Å²) in [6.07, 6.45) is 3.20. The van der Waals surface area contributed by atoms with E-state index in [0.717, 1.165) is 11.9 Å². The molecule has 0 N–H and O–H groups in total. The summed E-state index contributed by atoms with van der Waals surface area (Å²) in [6, 6.07) is 0. The maximum absolute atomic E-state index is 10.6. The van der Waals surface area contributed by atoms with Crippen LogP contribution in [0.25, 0.3) is 0 Å². The molecule has 0 bridgehead atoms. The van der Waals surface area contributed by atoms with Crippen LogP contribution in [0.3, 0.4) is 0 Å². The van der Waals surface area contributed by atoms with Gasteiger partial charge in [-0.2, -0.15) is 0 Å². The van der Waals surface area contributed by atoms with E-state index in [2.05, 4.69) is 33.8 Å². The number of hydrogen-bond acceptors (Lipinski definition) is 1. The van der Waals surface area contributed by atoms with Crippen LogP contribution in [-0.4, -0.2) is 6.29 Å². The normalized spacial score (nSPS) is 16.7. The van der Waals surface area contributed by atoms with Gasteiger partial charge in [-0.3, -0.25) is 4.79 Å². The molecule has 0 aromatic rings. The molecule has 2 atom stereocenters. The van der Waals surface area contributed by atoms with Gasteiger partial charge in [-0.25, -0.2) is 0 Å². The largest absolute Gasteiger partial charge is 0.298 e. The standard InChI is InChI=1S/C13H22O/c1-9(2)7-10(3)12(5)13(6)11(4)8-14/h7-8,10,12H,1-6H3. The van der Waals surface area contributed by atoms with Crippen molar-refractivity contribution in [3.63, 3.8) is 0 Å². The first kappa shape index (κ1) is 13.2. The first-order chi connectivity index (χ1) is 6.40. The van der Waals surface area contributed by atoms with Crippen molar-refractivity contribution in [3.8, 4) is 0 Å². The first-order valence-electron chi connectivity index (χ1n) is 5.17. The minimum Gasteiger partial charge on any atom is -0.298 e. The highest BCUT2D eigenvalue weighted by Crippen LogP contribution is 2.23. The number of allylic oxidation sites excluding steroid dienone is 4. The highest BCUT2D eigenvalue weighted by Gasteiger charge is 2.13. The smallest absolute Gasteiger partial charge is 0.145 e. The Balaban J connectivity index is 4.71. The molecular formula is C13H22O. The maximum atomic E-state index is 10.6. The lowest BCUT2D eigenvalue weighted by molar-refractivity contribution is -0.104. The monoisotopic (exact) mass is 194 g/mol. The molecule has 0 aromatic heterocycles. The van der Waals surface area contributed by atoms with Crippen LogP contribution in [0, 0.1) is 11.8 Å². The van der Waals surface area contributed by atoms with Crippen LogP contribution in [0.15, 0.2) is 22.8 Å². The molecule has 0 spiro atoms. The Morgan fingerprint density at radius 3 is 1.93 bits per heavy atom. The van der Waals surface area contributed by atoms with Gasteiger partial charge in [0.05, 0.1) is 0 Å². The highest BCUT2D eigenvalue weighted by atomic mass is 16.1. The van der Waals surface area contributed by atoms with Gasteiger partial charge in [0, 0.05) is 0 Å². The van der Waals surface area contributed by atoms with Crippen molar-refractivity contribution in [3.05, 3.63) is 22.8 Å². The molecule has 0 heterocycles. The number of rotatable bonds is 4. The molecule has 2 unspecified atom stereocenters. The summed E-state index contributed by atoms with van der Waals surface area (Å²) in [6.45, 7) is 12.5. The SMILES string of the molecule is CC(C)=CC(C)C(C)C(C)=C(C)C=O. The van der Waals surface area contributed by atoms with Crippen molar-refractivity contribution in [1.82, 2.24) is 0 Å². The zero-order valence-corrected chi connectivity index (χ0v) is 10.2. The molecule has 0 saturated heterocycles. The summed E-state index contributed by atoms with van der Waals surface area (Å²) in [5.41, 5.74) is 3.40. The van der Waals surface area contributed by atoms with Crippen LogP contribution in [0.2, 0.25) is 0 Å². The van der Waals surface area contributed by atoms with E-state index in [0.29, 0.717) is 11.8 Å². The number of carbonyl (C=O) groups excluding carboxylic acids is 1. The Labute approximate surface area is 87.9 Å². The highest BCUT2D eigenvalue weighted by molar-refractivity contribution is 5.73. The third-order valence-electron chi connectivity index (χ3n) is 2.87. The minimum atomic E-state index is 0.440. The molecule has 0 aliphatic rings. The fourth-order valence-electron chi connectivity index (χ4n) is 1.52. The van der Waals surface area contributed by atoms with Gasteiger partial charge in [-0.05, 0) is 45.1 Å². The van der Waals surface area contributed by atoms with E-state index in [1.54, 1.807) is 0 Å². The quantitative estimate of drug-likeness (QED) is 0.378. The fourth-order valence-corrected chi connectivity index (χ4v) is 1.52. The van der Waals surface area contributed by atoms with Crippen molar-refractivity contribution >= 4 is 6.29 Å². The summed E-state index contributed by atoms with van der Waals surface area (Å²) >= 11 is 0. The van der Waals surface area contributed by atoms with Crippen LogP contribution in [0.4, 0.5) is 0 Å². The summed E-state index contributed by atoms with van der Waals surface area (Å²) in [5.74, 6) is 0.935. The van der Waals surface area contributed by atoms with Crippen molar-refractivity contribution in [2.75, 3.05) is 0 Å². The van der Waals surface area contributed by atoms with Gasteiger partial charge < -0.3 is 0 Å². The Kier molecular flexibility index (Phi) is 5.44. The Morgan fingerprint density at radius 2 is 1.57 bits per heavy atom. The molecule has 1 heteroatoms. The summed E-state index contributed by atoms with van der Waals surface area (Å²) in [5, 5.41) is 0. The molecule has 80 valence electrons. The van der Waals surface area contributed by atoms with E-state index in [1.807, 2.05) is 13.8 Å². The molecule has 1 nitrogen and oxygen atoms in total. The van der Waals surface area contributed by atoms with E-state index in [1.165, 1.54) is 11.1 Å². The van der Waals surface area contributed by atoms with Gasteiger partial charge >= 0.3 is 0 Å². The van der Waals surface area contributed by atoms with E-state index < -0.39 is 0 Å². The lowest BCUT2D eigenvalue weighted by Gasteiger charge is -2.19. The fraction of sp³-hybridized carbons (Fsp3) is 0.615. The Bertz CT molecular complexity index is 254. The van der Waals surface area contributed by atoms with Gasteiger partial charge in [0.2, 0.25) is 0 Å². The zero-order chi connectivity index (χ0) is 11.3. The topological polar surface area (TPSA) is 17.1 Å². The van der Waals surface area contributed by atoms with Crippen LogP contribution in [-0.2, 0) is 4.79 Å². The predicted molar refractivity (Wildman–Crippen MR) is 62.2 cm³/mol. The van der Waals surface area contributed by atoms with Crippen LogP contribution in [0.1, 0.15) is 41.5 Å². The van der Waals surface area contributed by atoms with E-state index in [9.17, 15) is 4.79 Å². The molecule has 0 aliphatic heterocycles. The van der Waals surface area contributed by atoms with Gasteiger partial charge in [0.25, 0.3) is 0 Å². The minimum absolute atomic E-state index is 0.440. The molecule has 0 radical (unpaired) electrons.